The lowest BCUT2D eigenvalue weighted by atomic mass is 10.3. The first-order valence-corrected chi connectivity index (χ1v) is 4.65. The molecule has 0 radical (unpaired) electrons. The van der Waals surface area contributed by atoms with E-state index in [2.05, 4.69) is 4.98 Å². The van der Waals surface area contributed by atoms with Crippen LogP contribution in [0.1, 0.15) is 5.69 Å². The SMILES string of the molecule is OCc1coc(Oc2ccccc2Cl)n1. The highest BCUT2D eigenvalue weighted by molar-refractivity contribution is 6.32. The van der Waals surface area contributed by atoms with Crippen LogP contribution in [0.25, 0.3) is 0 Å². The largest absolute Gasteiger partial charge is 0.417 e. The zero-order valence-electron chi connectivity index (χ0n) is 7.68. The second kappa shape index (κ2) is 4.33. The Kier molecular flexibility index (Phi) is 2.89. The number of ether oxygens (including phenoxy) is 1. The molecule has 2 rings (SSSR count). The molecule has 1 aromatic carbocycles. The van der Waals surface area contributed by atoms with E-state index in [0.717, 1.165) is 0 Å². The van der Waals surface area contributed by atoms with E-state index >= 15 is 0 Å². The highest BCUT2D eigenvalue weighted by Gasteiger charge is 2.07. The molecule has 1 aromatic heterocycles. The molecule has 0 aliphatic carbocycles. The summed E-state index contributed by atoms with van der Waals surface area (Å²) in [5, 5.41) is 9.24. The van der Waals surface area contributed by atoms with Gasteiger partial charge < -0.3 is 14.3 Å². The summed E-state index contributed by atoms with van der Waals surface area (Å²) in [6.45, 7) is -0.185. The Morgan fingerprint density at radius 2 is 2.20 bits per heavy atom. The van der Waals surface area contributed by atoms with Crippen molar-refractivity contribution < 1.29 is 14.3 Å². The second-order valence-electron chi connectivity index (χ2n) is 2.80. The number of benzene rings is 1. The lowest BCUT2D eigenvalue weighted by molar-refractivity contribution is 0.276. The number of oxazole rings is 1. The van der Waals surface area contributed by atoms with Crippen LogP contribution in [0, 0.1) is 0 Å². The van der Waals surface area contributed by atoms with Crippen molar-refractivity contribution in [2.75, 3.05) is 0 Å². The monoisotopic (exact) mass is 225 g/mol. The van der Waals surface area contributed by atoms with Gasteiger partial charge in [-0.25, -0.2) is 0 Å². The van der Waals surface area contributed by atoms with Crippen LogP contribution in [0.2, 0.25) is 5.02 Å². The lowest BCUT2D eigenvalue weighted by Crippen LogP contribution is -1.86. The molecule has 0 saturated carbocycles. The van der Waals surface area contributed by atoms with Crippen molar-refractivity contribution in [2.24, 2.45) is 0 Å². The Bertz CT molecular complexity index is 455. The third kappa shape index (κ3) is 2.29. The van der Waals surface area contributed by atoms with E-state index in [1.54, 1.807) is 24.3 Å². The van der Waals surface area contributed by atoms with E-state index in [9.17, 15) is 0 Å². The molecule has 0 bridgehead atoms. The zero-order valence-corrected chi connectivity index (χ0v) is 8.44. The van der Waals surface area contributed by atoms with Gasteiger partial charge in [0.25, 0.3) is 0 Å². The first-order chi connectivity index (χ1) is 7.29. The number of aliphatic hydroxyl groups is 1. The van der Waals surface area contributed by atoms with Gasteiger partial charge in [0.2, 0.25) is 0 Å². The highest BCUT2D eigenvalue weighted by atomic mass is 35.5. The maximum absolute atomic E-state index is 8.77. The normalized spacial score (nSPS) is 10.3. The van der Waals surface area contributed by atoms with E-state index in [4.69, 9.17) is 25.9 Å². The summed E-state index contributed by atoms with van der Waals surface area (Å²) in [7, 11) is 0. The molecule has 0 amide bonds. The Labute approximate surface area is 91.1 Å². The van der Waals surface area contributed by atoms with E-state index in [0.29, 0.717) is 16.5 Å². The standard InChI is InChI=1S/C10H8ClNO3/c11-8-3-1-2-4-9(8)15-10-12-7(5-13)6-14-10/h1-4,6,13H,5H2. The minimum absolute atomic E-state index is 0.0622. The average Bonchev–Trinajstić information content (AvgIpc) is 2.69. The fourth-order valence-electron chi connectivity index (χ4n) is 1.03. The van der Waals surface area contributed by atoms with Crippen LogP contribution in [0.3, 0.4) is 0 Å². The smallest absolute Gasteiger partial charge is 0.399 e. The van der Waals surface area contributed by atoms with Crippen molar-refractivity contribution in [3.05, 3.63) is 41.2 Å². The molecular weight excluding hydrogens is 218 g/mol. The summed E-state index contributed by atoms with van der Waals surface area (Å²) in [4.78, 5) is 3.87. The highest BCUT2D eigenvalue weighted by Crippen LogP contribution is 2.28. The molecule has 78 valence electrons. The van der Waals surface area contributed by atoms with Crippen molar-refractivity contribution >= 4 is 11.6 Å². The molecule has 0 aliphatic rings. The first kappa shape index (κ1) is 10.0. The van der Waals surface area contributed by atoms with Crippen molar-refractivity contribution in [1.29, 1.82) is 0 Å². The molecule has 0 unspecified atom stereocenters. The van der Waals surface area contributed by atoms with Gasteiger partial charge >= 0.3 is 6.08 Å². The summed E-state index contributed by atoms with van der Waals surface area (Å²) in [6, 6.07) is 6.99. The number of hydrogen-bond donors (Lipinski definition) is 1. The molecular formula is C10H8ClNO3. The van der Waals surface area contributed by atoms with Crippen LogP contribution >= 0.6 is 11.6 Å². The van der Waals surface area contributed by atoms with Gasteiger partial charge in [0, 0.05) is 0 Å². The fourth-order valence-corrected chi connectivity index (χ4v) is 1.20. The number of hydrogen-bond acceptors (Lipinski definition) is 4. The molecule has 1 heterocycles. The Hall–Kier alpha value is -1.52. The van der Waals surface area contributed by atoms with Crippen LogP contribution < -0.4 is 4.74 Å². The topological polar surface area (TPSA) is 55.5 Å². The summed E-state index contributed by atoms with van der Waals surface area (Å²) >= 11 is 5.87. The predicted octanol–water partition coefficient (Wildman–Crippen LogP) is 2.61. The number of halogens is 1. The predicted molar refractivity (Wildman–Crippen MR) is 54.0 cm³/mol. The van der Waals surface area contributed by atoms with E-state index < -0.39 is 0 Å². The molecule has 4 nitrogen and oxygen atoms in total. The van der Waals surface area contributed by atoms with Gasteiger partial charge in [0.1, 0.15) is 12.0 Å². The van der Waals surface area contributed by atoms with Crippen molar-refractivity contribution in [1.82, 2.24) is 4.98 Å². The molecule has 0 spiro atoms. The Morgan fingerprint density at radius 3 is 2.87 bits per heavy atom. The van der Waals surface area contributed by atoms with E-state index in [1.165, 1.54) is 6.26 Å². The van der Waals surface area contributed by atoms with Crippen molar-refractivity contribution in [2.45, 2.75) is 6.61 Å². The maximum atomic E-state index is 8.77. The van der Waals surface area contributed by atoms with Crippen LogP contribution in [-0.4, -0.2) is 10.1 Å². The summed E-state index contributed by atoms with van der Waals surface area (Å²) < 4.78 is 10.2. The van der Waals surface area contributed by atoms with Gasteiger partial charge in [-0.15, -0.1) is 0 Å². The van der Waals surface area contributed by atoms with Crippen molar-refractivity contribution in [3.8, 4) is 11.8 Å². The van der Waals surface area contributed by atoms with Crippen LogP contribution in [0.5, 0.6) is 11.8 Å². The molecule has 0 aliphatic heterocycles. The fraction of sp³-hybridized carbons (Fsp3) is 0.100. The van der Waals surface area contributed by atoms with E-state index in [-0.39, 0.29) is 12.7 Å². The molecule has 2 aromatic rings. The summed E-state index contributed by atoms with van der Waals surface area (Å²) in [5.74, 6) is 0.463. The average molecular weight is 226 g/mol. The van der Waals surface area contributed by atoms with Gasteiger partial charge in [-0.05, 0) is 12.1 Å². The number of aliphatic hydroxyl groups excluding tert-OH is 1. The zero-order chi connectivity index (χ0) is 10.7. The van der Waals surface area contributed by atoms with Crippen LogP contribution in [-0.2, 0) is 6.61 Å². The molecule has 0 saturated heterocycles. The molecule has 0 fully saturated rings. The third-order valence-corrected chi connectivity index (χ3v) is 2.04. The maximum Gasteiger partial charge on any atom is 0.399 e. The van der Waals surface area contributed by atoms with Crippen LogP contribution in [0.15, 0.2) is 34.9 Å². The van der Waals surface area contributed by atoms with Gasteiger partial charge in [-0.1, -0.05) is 23.7 Å². The van der Waals surface area contributed by atoms with Crippen LogP contribution in [0.4, 0.5) is 0 Å². The second-order valence-corrected chi connectivity index (χ2v) is 3.20. The molecule has 0 atom stereocenters. The Balaban J connectivity index is 2.18. The third-order valence-electron chi connectivity index (χ3n) is 1.73. The van der Waals surface area contributed by atoms with Gasteiger partial charge in [0.05, 0.1) is 11.6 Å². The minimum Gasteiger partial charge on any atom is -0.417 e. The lowest BCUT2D eigenvalue weighted by Gasteiger charge is -2.01. The molecule has 15 heavy (non-hydrogen) atoms. The molecule has 1 N–H and O–H groups in total. The number of rotatable bonds is 3. The van der Waals surface area contributed by atoms with Crippen molar-refractivity contribution in [3.63, 3.8) is 0 Å². The first-order valence-electron chi connectivity index (χ1n) is 4.27. The molecule has 5 heteroatoms. The number of nitrogens with zero attached hydrogens (tertiary/aromatic N) is 1. The van der Waals surface area contributed by atoms with Gasteiger partial charge in [0.15, 0.2) is 5.75 Å². The van der Waals surface area contributed by atoms with E-state index in [1.807, 2.05) is 0 Å². The summed E-state index contributed by atoms with van der Waals surface area (Å²) in [5.41, 5.74) is 0.414. The van der Waals surface area contributed by atoms with Gasteiger partial charge in [-0.3, -0.25) is 0 Å². The minimum atomic E-state index is -0.185. The number of para-hydroxylation sites is 1. The quantitative estimate of drug-likeness (QED) is 0.873. The summed E-state index contributed by atoms with van der Waals surface area (Å²) in [6.07, 6.45) is 1.39. The van der Waals surface area contributed by atoms with Gasteiger partial charge in [-0.2, -0.15) is 4.98 Å². The number of aromatic nitrogens is 1. The Morgan fingerprint density at radius 1 is 1.40 bits per heavy atom.